The number of rotatable bonds is 0. The van der Waals surface area contributed by atoms with Crippen molar-refractivity contribution in [2.45, 2.75) is 25.5 Å². The van der Waals surface area contributed by atoms with Crippen molar-refractivity contribution in [2.24, 2.45) is 0 Å². The fraction of sp³-hybridized carbons (Fsp3) is 1.00. The Morgan fingerprint density at radius 2 is 1.88 bits per heavy atom. The Labute approximate surface area is 85.6 Å². The molecule has 1 aliphatic carbocycles. The van der Waals surface area contributed by atoms with E-state index in [4.69, 9.17) is 0 Å². The molecular formula is C5H7BrI2. The lowest BCUT2D eigenvalue weighted by Crippen LogP contribution is -2.01. The van der Waals surface area contributed by atoms with Crippen LogP contribution in [-0.4, -0.2) is 12.7 Å². The van der Waals surface area contributed by atoms with E-state index in [1.807, 2.05) is 0 Å². The van der Waals surface area contributed by atoms with Crippen molar-refractivity contribution in [1.82, 2.24) is 0 Å². The molecular weight excluding hydrogens is 394 g/mol. The molecule has 48 valence electrons. The summed E-state index contributed by atoms with van der Waals surface area (Å²) in [6, 6.07) is 0. The van der Waals surface area contributed by atoms with E-state index in [-0.39, 0.29) is 0 Å². The smallest absolute Gasteiger partial charge is 0.0274 e. The number of halogens is 3. The van der Waals surface area contributed by atoms with Gasteiger partial charge < -0.3 is 0 Å². The highest BCUT2D eigenvalue weighted by atomic mass is 127. The third-order valence-electron chi connectivity index (χ3n) is 1.35. The molecule has 0 aromatic heterocycles. The number of alkyl halides is 3. The second kappa shape index (κ2) is 3.37. The molecule has 0 radical (unpaired) electrons. The number of hydrogen-bond donors (Lipinski definition) is 0. The molecule has 3 atom stereocenters. The molecule has 8 heavy (non-hydrogen) atoms. The highest BCUT2D eigenvalue weighted by Gasteiger charge is 2.28. The van der Waals surface area contributed by atoms with Gasteiger partial charge in [0.15, 0.2) is 0 Å². The fourth-order valence-electron chi connectivity index (χ4n) is 0.880. The van der Waals surface area contributed by atoms with Crippen LogP contribution < -0.4 is 0 Å². The van der Waals surface area contributed by atoms with Gasteiger partial charge in [0.25, 0.3) is 0 Å². The quantitative estimate of drug-likeness (QED) is 0.433. The van der Waals surface area contributed by atoms with Crippen molar-refractivity contribution in [3.63, 3.8) is 0 Å². The van der Waals surface area contributed by atoms with E-state index in [0.717, 1.165) is 12.7 Å². The summed E-state index contributed by atoms with van der Waals surface area (Å²) in [6.45, 7) is 0. The van der Waals surface area contributed by atoms with Gasteiger partial charge in [-0.15, -0.1) is 0 Å². The fourth-order valence-corrected chi connectivity index (χ4v) is 5.22. The van der Waals surface area contributed by atoms with Crippen LogP contribution in [0.4, 0.5) is 0 Å². The second-order valence-electron chi connectivity index (χ2n) is 2.10. The third-order valence-corrected chi connectivity index (χ3v) is 5.75. The van der Waals surface area contributed by atoms with E-state index in [1.165, 1.54) is 12.8 Å². The Hall–Kier alpha value is 1.94. The normalized spacial score (nSPS) is 47.6. The molecule has 0 bridgehead atoms. The minimum Gasteiger partial charge on any atom is -0.0879 e. The van der Waals surface area contributed by atoms with Crippen LogP contribution in [0.1, 0.15) is 12.8 Å². The predicted octanol–water partition coefficient (Wildman–Crippen LogP) is 3.15. The van der Waals surface area contributed by atoms with Gasteiger partial charge in [-0.1, -0.05) is 61.1 Å². The van der Waals surface area contributed by atoms with Gasteiger partial charge in [0.2, 0.25) is 0 Å². The minimum atomic E-state index is 0.782. The van der Waals surface area contributed by atoms with Gasteiger partial charge in [-0.25, -0.2) is 0 Å². The largest absolute Gasteiger partial charge is 0.0879 e. The summed E-state index contributed by atoms with van der Waals surface area (Å²) >= 11 is 8.68. The molecule has 1 fully saturated rings. The van der Waals surface area contributed by atoms with Gasteiger partial charge in [0.05, 0.1) is 0 Å². The zero-order chi connectivity index (χ0) is 6.15. The van der Waals surface area contributed by atoms with Gasteiger partial charge in [-0.2, -0.15) is 0 Å². The Bertz CT molecular complexity index is 76.5. The lowest BCUT2D eigenvalue weighted by molar-refractivity contribution is 0.953. The van der Waals surface area contributed by atoms with Crippen molar-refractivity contribution in [2.75, 3.05) is 0 Å². The van der Waals surface area contributed by atoms with Gasteiger partial charge >= 0.3 is 0 Å². The summed E-state index contributed by atoms with van der Waals surface area (Å²) in [5, 5.41) is 0. The first-order valence-electron chi connectivity index (χ1n) is 2.62. The first-order valence-corrected chi connectivity index (χ1v) is 6.03. The van der Waals surface area contributed by atoms with Crippen molar-refractivity contribution in [1.29, 1.82) is 0 Å². The van der Waals surface area contributed by atoms with Crippen LogP contribution in [0.2, 0.25) is 0 Å². The lowest BCUT2D eigenvalue weighted by Gasteiger charge is -2.00. The van der Waals surface area contributed by atoms with E-state index in [0.29, 0.717) is 0 Å². The highest BCUT2D eigenvalue weighted by Crippen LogP contribution is 2.35. The summed E-state index contributed by atoms with van der Waals surface area (Å²) in [4.78, 5) is 0.782. The molecule has 0 heterocycles. The average molecular weight is 401 g/mol. The summed E-state index contributed by atoms with van der Waals surface area (Å²) in [6.07, 6.45) is 2.74. The zero-order valence-corrected chi connectivity index (χ0v) is 10.2. The molecule has 0 amide bonds. The summed E-state index contributed by atoms with van der Waals surface area (Å²) in [5.74, 6) is 0. The SMILES string of the molecule is BrC1CC(I)CC1I. The average Bonchev–Trinajstić information content (AvgIpc) is 1.85. The molecule has 1 rings (SSSR count). The Morgan fingerprint density at radius 3 is 2.00 bits per heavy atom. The van der Waals surface area contributed by atoms with E-state index in [1.54, 1.807) is 0 Å². The molecule has 0 N–H and O–H groups in total. The second-order valence-corrected chi connectivity index (χ2v) is 6.64. The summed E-state index contributed by atoms with van der Waals surface area (Å²) < 4.78 is 1.79. The summed E-state index contributed by atoms with van der Waals surface area (Å²) in [5.41, 5.74) is 0. The highest BCUT2D eigenvalue weighted by molar-refractivity contribution is 14.1. The maximum absolute atomic E-state index is 3.63. The first-order chi connectivity index (χ1) is 3.70. The molecule has 3 unspecified atom stereocenters. The van der Waals surface area contributed by atoms with Crippen LogP contribution in [-0.2, 0) is 0 Å². The molecule has 0 aromatic carbocycles. The summed E-state index contributed by atoms with van der Waals surface area (Å²) in [7, 11) is 0. The van der Waals surface area contributed by atoms with Crippen LogP contribution in [0.5, 0.6) is 0 Å². The van der Waals surface area contributed by atoms with Crippen LogP contribution in [0.25, 0.3) is 0 Å². The van der Waals surface area contributed by atoms with Crippen molar-refractivity contribution in [3.05, 3.63) is 0 Å². The number of hydrogen-bond acceptors (Lipinski definition) is 0. The van der Waals surface area contributed by atoms with Crippen molar-refractivity contribution < 1.29 is 0 Å². The first kappa shape index (κ1) is 8.04. The van der Waals surface area contributed by atoms with Crippen LogP contribution in [0, 0.1) is 0 Å². The topological polar surface area (TPSA) is 0 Å². The predicted molar refractivity (Wildman–Crippen MR) is 57.6 cm³/mol. The maximum atomic E-state index is 3.63. The Kier molecular flexibility index (Phi) is 3.38. The molecule has 0 spiro atoms. The lowest BCUT2D eigenvalue weighted by atomic mass is 10.4. The standard InChI is InChI=1S/C5H7BrI2/c6-4-1-3(7)2-5(4)8/h3-5H,1-2H2. The van der Waals surface area contributed by atoms with E-state index >= 15 is 0 Å². The van der Waals surface area contributed by atoms with Gasteiger partial charge in [-0.05, 0) is 12.8 Å². The monoisotopic (exact) mass is 400 g/mol. The van der Waals surface area contributed by atoms with E-state index in [2.05, 4.69) is 61.1 Å². The molecule has 0 aliphatic heterocycles. The molecule has 1 aliphatic rings. The maximum Gasteiger partial charge on any atom is 0.0274 e. The van der Waals surface area contributed by atoms with Gasteiger partial charge in [-0.3, -0.25) is 0 Å². The molecule has 0 saturated heterocycles. The van der Waals surface area contributed by atoms with Crippen LogP contribution in [0.15, 0.2) is 0 Å². The van der Waals surface area contributed by atoms with Crippen LogP contribution >= 0.6 is 61.1 Å². The molecule has 3 heteroatoms. The van der Waals surface area contributed by atoms with Crippen molar-refractivity contribution >= 4 is 61.1 Å². The minimum absolute atomic E-state index is 0.782. The molecule has 0 aromatic rings. The van der Waals surface area contributed by atoms with Gasteiger partial charge in [0, 0.05) is 12.7 Å². The molecule has 0 nitrogen and oxygen atoms in total. The Morgan fingerprint density at radius 1 is 1.25 bits per heavy atom. The van der Waals surface area contributed by atoms with E-state index < -0.39 is 0 Å². The van der Waals surface area contributed by atoms with Crippen LogP contribution in [0.3, 0.4) is 0 Å². The van der Waals surface area contributed by atoms with Crippen molar-refractivity contribution in [3.8, 4) is 0 Å². The van der Waals surface area contributed by atoms with E-state index in [9.17, 15) is 0 Å². The Balaban J connectivity index is 2.39. The third kappa shape index (κ3) is 1.97. The molecule has 1 saturated carbocycles. The van der Waals surface area contributed by atoms with Gasteiger partial charge in [0.1, 0.15) is 0 Å². The zero-order valence-electron chi connectivity index (χ0n) is 4.28.